The molecule has 0 spiro atoms. The highest BCUT2D eigenvalue weighted by molar-refractivity contribution is 5.84. The summed E-state index contributed by atoms with van der Waals surface area (Å²) >= 11 is 0. The highest BCUT2D eigenvalue weighted by atomic mass is 16.5. The highest BCUT2D eigenvalue weighted by Gasteiger charge is 2.54. The van der Waals surface area contributed by atoms with Crippen molar-refractivity contribution < 1.29 is 9.47 Å². The highest BCUT2D eigenvalue weighted by Crippen LogP contribution is 2.66. The second-order valence-corrected chi connectivity index (χ2v) is 8.49. The molecule has 2 heteroatoms. The maximum Gasteiger partial charge on any atom is 0.118 e. The molecule has 2 nitrogen and oxygen atoms in total. The van der Waals surface area contributed by atoms with Crippen LogP contribution in [-0.2, 0) is 0 Å². The van der Waals surface area contributed by atoms with Gasteiger partial charge >= 0.3 is 0 Å². The molecule has 1 fully saturated rings. The summed E-state index contributed by atoms with van der Waals surface area (Å²) in [5.74, 6) is 4.58. The first-order valence-electron chi connectivity index (χ1n) is 10.3. The maximum atomic E-state index is 5.37. The van der Waals surface area contributed by atoms with Crippen LogP contribution >= 0.6 is 0 Å². The lowest BCUT2D eigenvalue weighted by Crippen LogP contribution is -2.47. The molecule has 2 bridgehead atoms. The van der Waals surface area contributed by atoms with Crippen LogP contribution in [0.4, 0.5) is 0 Å². The van der Waals surface area contributed by atoms with Crippen molar-refractivity contribution in [2.45, 2.75) is 26.7 Å². The summed E-state index contributed by atoms with van der Waals surface area (Å²) in [6.45, 7) is 4.74. The van der Waals surface area contributed by atoms with Crippen molar-refractivity contribution in [2.75, 3.05) is 14.2 Å². The zero-order valence-electron chi connectivity index (χ0n) is 17.2. The molecule has 2 aromatic carbocycles. The third-order valence-electron chi connectivity index (χ3n) is 7.45. The van der Waals surface area contributed by atoms with E-state index in [-0.39, 0.29) is 0 Å². The molecule has 4 atom stereocenters. The quantitative estimate of drug-likeness (QED) is 0.633. The number of hydrogen-bond acceptors (Lipinski definition) is 2. The van der Waals surface area contributed by atoms with Crippen LogP contribution < -0.4 is 9.47 Å². The van der Waals surface area contributed by atoms with Gasteiger partial charge in [0.05, 0.1) is 14.2 Å². The number of methoxy groups -OCH3 is 2. The van der Waals surface area contributed by atoms with Gasteiger partial charge in [-0.05, 0) is 96.9 Å². The van der Waals surface area contributed by atoms with E-state index in [0.717, 1.165) is 17.4 Å². The first kappa shape index (κ1) is 17.6. The van der Waals surface area contributed by atoms with E-state index in [1.54, 1.807) is 36.5 Å². The summed E-state index contributed by atoms with van der Waals surface area (Å²) < 4.78 is 10.7. The number of benzene rings is 2. The normalized spacial score (nSPS) is 28.1. The summed E-state index contributed by atoms with van der Waals surface area (Å²) in [5.41, 5.74) is 9.16. The van der Waals surface area contributed by atoms with Crippen LogP contribution in [0.1, 0.15) is 37.8 Å². The molecule has 0 N–H and O–H groups in total. The zero-order valence-corrected chi connectivity index (χ0v) is 17.2. The summed E-state index contributed by atoms with van der Waals surface area (Å²) in [5, 5.41) is 0. The number of allylic oxidation sites excluding steroid dienone is 4. The summed E-state index contributed by atoms with van der Waals surface area (Å²) in [6, 6.07) is 17.3. The maximum absolute atomic E-state index is 5.37. The first-order valence-corrected chi connectivity index (χ1v) is 10.3. The van der Waals surface area contributed by atoms with Gasteiger partial charge in [0.2, 0.25) is 0 Å². The summed E-state index contributed by atoms with van der Waals surface area (Å²) in [7, 11) is 3.46. The molecule has 2 aromatic rings. The number of fused-ring (bicyclic) bond motifs is 1. The molecule has 28 heavy (non-hydrogen) atoms. The minimum absolute atomic E-state index is 0.629. The van der Waals surface area contributed by atoms with Crippen LogP contribution in [0.5, 0.6) is 11.5 Å². The van der Waals surface area contributed by atoms with Gasteiger partial charge in [-0.1, -0.05) is 35.4 Å². The minimum Gasteiger partial charge on any atom is -0.497 e. The molecule has 4 unspecified atom stereocenters. The second-order valence-electron chi connectivity index (χ2n) is 8.49. The van der Waals surface area contributed by atoms with Gasteiger partial charge < -0.3 is 9.47 Å². The first-order chi connectivity index (χ1) is 13.6. The van der Waals surface area contributed by atoms with Gasteiger partial charge in [-0.2, -0.15) is 0 Å². The Kier molecular flexibility index (Phi) is 4.12. The molecule has 0 heterocycles. The predicted octanol–water partition coefficient (Wildman–Crippen LogP) is 6.24. The molecule has 0 saturated heterocycles. The van der Waals surface area contributed by atoms with Gasteiger partial charge in [0, 0.05) is 0 Å². The fourth-order valence-electron chi connectivity index (χ4n) is 6.22. The molecule has 144 valence electrons. The van der Waals surface area contributed by atoms with Crippen molar-refractivity contribution in [1.82, 2.24) is 0 Å². The van der Waals surface area contributed by atoms with Crippen LogP contribution in [-0.4, -0.2) is 14.2 Å². The molecule has 1 saturated carbocycles. The van der Waals surface area contributed by atoms with E-state index >= 15 is 0 Å². The second kappa shape index (κ2) is 6.55. The lowest BCUT2D eigenvalue weighted by atomic mass is 9.46. The van der Waals surface area contributed by atoms with Gasteiger partial charge in [-0.25, -0.2) is 0 Å². The minimum atomic E-state index is 0.629. The molecule has 0 amide bonds. The van der Waals surface area contributed by atoms with Crippen molar-refractivity contribution in [3.63, 3.8) is 0 Å². The lowest BCUT2D eigenvalue weighted by molar-refractivity contribution is 0.167. The summed E-state index contributed by atoms with van der Waals surface area (Å²) in [4.78, 5) is 0. The van der Waals surface area contributed by atoms with Gasteiger partial charge in [0.1, 0.15) is 11.5 Å². The fraction of sp³-hybridized carbons (Fsp3) is 0.385. The van der Waals surface area contributed by atoms with E-state index in [4.69, 9.17) is 9.47 Å². The number of rotatable bonds is 4. The number of hydrogen-bond donors (Lipinski definition) is 0. The topological polar surface area (TPSA) is 18.5 Å². The Morgan fingerprint density at radius 2 is 1.11 bits per heavy atom. The van der Waals surface area contributed by atoms with Gasteiger partial charge in [0.15, 0.2) is 0 Å². The van der Waals surface area contributed by atoms with Crippen molar-refractivity contribution in [1.29, 1.82) is 0 Å². The monoisotopic (exact) mass is 372 g/mol. The van der Waals surface area contributed by atoms with Crippen LogP contribution in [0, 0.1) is 23.7 Å². The van der Waals surface area contributed by atoms with Crippen LogP contribution in [0.15, 0.2) is 59.7 Å². The molecule has 0 aromatic heterocycles. The Hall–Kier alpha value is -2.48. The molecule has 0 aliphatic heterocycles. The molecule has 4 aliphatic carbocycles. The Bertz CT molecular complexity index is 962. The molecule has 4 aliphatic rings. The average molecular weight is 373 g/mol. The van der Waals surface area contributed by atoms with E-state index in [1.807, 2.05) is 0 Å². The van der Waals surface area contributed by atoms with E-state index in [9.17, 15) is 0 Å². The van der Waals surface area contributed by atoms with E-state index in [2.05, 4.69) is 62.4 Å². The van der Waals surface area contributed by atoms with Gasteiger partial charge in [0.25, 0.3) is 0 Å². The lowest BCUT2D eigenvalue weighted by Gasteiger charge is -2.58. The predicted molar refractivity (Wildman–Crippen MR) is 114 cm³/mol. The third-order valence-corrected chi connectivity index (χ3v) is 7.45. The molecular weight excluding hydrogens is 344 g/mol. The van der Waals surface area contributed by atoms with Crippen molar-refractivity contribution in [3.05, 3.63) is 70.8 Å². The van der Waals surface area contributed by atoms with E-state index in [0.29, 0.717) is 17.8 Å². The Morgan fingerprint density at radius 1 is 0.607 bits per heavy atom. The largest absolute Gasteiger partial charge is 0.497 e. The Morgan fingerprint density at radius 3 is 1.64 bits per heavy atom. The van der Waals surface area contributed by atoms with Crippen molar-refractivity contribution in [3.8, 4) is 11.5 Å². The zero-order chi connectivity index (χ0) is 19.4. The third kappa shape index (κ3) is 2.40. The van der Waals surface area contributed by atoms with Crippen LogP contribution in [0.2, 0.25) is 0 Å². The molecular formula is C26H28O2. The Labute approximate surface area is 167 Å². The van der Waals surface area contributed by atoms with Crippen molar-refractivity contribution >= 4 is 11.1 Å². The van der Waals surface area contributed by atoms with E-state index in [1.165, 1.54) is 24.0 Å². The van der Waals surface area contributed by atoms with Crippen molar-refractivity contribution in [2.24, 2.45) is 23.7 Å². The van der Waals surface area contributed by atoms with Gasteiger partial charge in [-0.15, -0.1) is 0 Å². The summed E-state index contributed by atoms with van der Waals surface area (Å²) in [6.07, 6.45) is 2.64. The van der Waals surface area contributed by atoms with Crippen LogP contribution in [0.25, 0.3) is 11.1 Å². The van der Waals surface area contributed by atoms with Crippen LogP contribution in [0.3, 0.4) is 0 Å². The molecule has 0 radical (unpaired) electrons. The number of ether oxygens (including phenoxy) is 2. The Balaban J connectivity index is 1.54. The average Bonchev–Trinajstić information content (AvgIpc) is 2.74. The smallest absolute Gasteiger partial charge is 0.118 e. The van der Waals surface area contributed by atoms with E-state index < -0.39 is 0 Å². The fourth-order valence-corrected chi connectivity index (χ4v) is 6.22. The standard InChI is InChI=1S/C26H28O2/c1-15-21-13-14-22(23(15)17-5-9-19(27-3)10-6-17)26-24(16(2)25(21)26)18-7-11-20(28-4)12-8-18/h5-12,21-22,25-26H,13-14H2,1-4H3. The SMILES string of the molecule is COc1ccc(C2=C(C)C3CCC2C2C(c4ccc(OC)cc4)=C(C)C32)cc1. The van der Waals surface area contributed by atoms with Gasteiger partial charge in [-0.3, -0.25) is 0 Å². The molecule has 6 rings (SSSR count).